The molecule has 1 aromatic rings. The number of nitriles is 1. The maximum absolute atomic E-state index is 14.4. The minimum Gasteiger partial charge on any atom is -0.332 e. The van der Waals surface area contributed by atoms with Crippen molar-refractivity contribution in [2.24, 2.45) is 11.3 Å². The number of rotatable bonds is 5. The quantitative estimate of drug-likeness (QED) is 0.619. The van der Waals surface area contributed by atoms with Crippen molar-refractivity contribution in [3.05, 3.63) is 29.8 Å². The summed E-state index contributed by atoms with van der Waals surface area (Å²) in [5.41, 5.74) is 0.411. The largest absolute Gasteiger partial charge is 0.332 e. The molecule has 3 amide bonds. The molecular weight excluding hydrogens is 490 g/mol. The molecule has 0 unspecified atom stereocenters. The number of hydrogen-bond donors (Lipinski definition) is 1. The van der Waals surface area contributed by atoms with Gasteiger partial charge in [-0.2, -0.15) is 5.26 Å². The highest BCUT2D eigenvalue weighted by atomic mass is 16.2. The molecule has 1 aromatic carbocycles. The zero-order valence-electron chi connectivity index (χ0n) is 24.2. The zero-order valence-corrected chi connectivity index (χ0v) is 24.2. The lowest BCUT2D eigenvalue weighted by Gasteiger charge is -2.39. The number of carbonyl (C=O) groups excluding carboxylic acids is 3. The molecule has 4 aliphatic rings. The van der Waals surface area contributed by atoms with Crippen LogP contribution in [0.2, 0.25) is 0 Å². The van der Waals surface area contributed by atoms with Gasteiger partial charge >= 0.3 is 0 Å². The molecule has 8 heteroatoms. The Labute approximate surface area is 232 Å². The lowest BCUT2D eigenvalue weighted by atomic mass is 9.80. The molecule has 1 aliphatic carbocycles. The van der Waals surface area contributed by atoms with Crippen LogP contribution in [0.1, 0.15) is 78.7 Å². The summed E-state index contributed by atoms with van der Waals surface area (Å²) < 4.78 is 0. The Morgan fingerprint density at radius 2 is 1.95 bits per heavy atom. The van der Waals surface area contributed by atoms with E-state index in [9.17, 15) is 19.6 Å². The Kier molecular flexibility index (Phi) is 7.03. The van der Waals surface area contributed by atoms with Gasteiger partial charge in [0.15, 0.2) is 0 Å². The number of carbonyl (C=O) groups is 3. The molecule has 3 heterocycles. The third-order valence-electron chi connectivity index (χ3n) is 9.59. The van der Waals surface area contributed by atoms with Gasteiger partial charge in [-0.3, -0.25) is 19.3 Å². The maximum Gasteiger partial charge on any atom is 0.246 e. The van der Waals surface area contributed by atoms with E-state index in [4.69, 9.17) is 0 Å². The minimum absolute atomic E-state index is 0.00734. The molecule has 0 aromatic heterocycles. The fraction of sp³-hybridized carbons (Fsp3) is 0.677. The summed E-state index contributed by atoms with van der Waals surface area (Å²) in [5, 5.41) is 13.1. The highest BCUT2D eigenvalue weighted by Crippen LogP contribution is 2.47. The summed E-state index contributed by atoms with van der Waals surface area (Å²) >= 11 is 0. The van der Waals surface area contributed by atoms with Crippen LogP contribution in [0.25, 0.3) is 0 Å². The summed E-state index contributed by atoms with van der Waals surface area (Å²) in [6.07, 6.45) is 5.07. The van der Waals surface area contributed by atoms with Crippen molar-refractivity contribution in [1.29, 1.82) is 5.26 Å². The SMILES string of the molecule is CC(C)N1[C@H](C(=O)N(C)[C@@H](CC(C)(C)C)C(=O)N2C[C@]3(C[C@H]2C#N)C(=O)Nc2ccccc23)C[C@@H]2CCC[C@@H]21. The topological polar surface area (TPSA) is 96.8 Å². The van der Waals surface area contributed by atoms with E-state index in [1.165, 1.54) is 6.42 Å². The Balaban J connectivity index is 1.44. The Morgan fingerprint density at radius 3 is 2.62 bits per heavy atom. The van der Waals surface area contributed by atoms with E-state index < -0.39 is 17.5 Å². The van der Waals surface area contributed by atoms with Gasteiger partial charge in [0.2, 0.25) is 17.7 Å². The summed E-state index contributed by atoms with van der Waals surface area (Å²) in [5.74, 6) is 0.123. The van der Waals surface area contributed by atoms with E-state index in [0.29, 0.717) is 18.4 Å². The van der Waals surface area contributed by atoms with Crippen LogP contribution in [0.5, 0.6) is 0 Å². The average molecular weight is 534 g/mol. The number of likely N-dealkylation sites (tertiary alicyclic amines) is 2. The molecule has 1 saturated carbocycles. The van der Waals surface area contributed by atoms with Gasteiger partial charge in [0.1, 0.15) is 12.1 Å². The number of likely N-dealkylation sites (N-methyl/N-ethyl adjacent to an activating group) is 1. The van der Waals surface area contributed by atoms with Gasteiger partial charge in [-0.15, -0.1) is 0 Å². The van der Waals surface area contributed by atoms with Crippen LogP contribution < -0.4 is 5.32 Å². The van der Waals surface area contributed by atoms with E-state index >= 15 is 0 Å². The number of nitrogens with zero attached hydrogens (tertiary/aromatic N) is 4. The van der Waals surface area contributed by atoms with Gasteiger partial charge in [0, 0.05) is 37.8 Å². The molecule has 1 N–H and O–H groups in total. The molecule has 210 valence electrons. The fourth-order valence-corrected chi connectivity index (χ4v) is 7.83. The normalized spacial score (nSPS) is 30.8. The molecule has 8 nitrogen and oxygen atoms in total. The van der Waals surface area contributed by atoms with Crippen LogP contribution in [0, 0.1) is 22.7 Å². The molecule has 0 bridgehead atoms. The number of amides is 3. The van der Waals surface area contributed by atoms with Crippen molar-refractivity contribution >= 4 is 23.4 Å². The van der Waals surface area contributed by atoms with E-state index in [1.807, 2.05) is 24.3 Å². The highest BCUT2D eigenvalue weighted by molar-refractivity contribution is 6.07. The number of benzene rings is 1. The zero-order chi connectivity index (χ0) is 28.3. The Bertz CT molecular complexity index is 1200. The second-order valence-electron chi connectivity index (χ2n) is 13.7. The first-order chi connectivity index (χ1) is 18.4. The smallest absolute Gasteiger partial charge is 0.246 e. The van der Waals surface area contributed by atoms with E-state index in [0.717, 1.165) is 30.5 Å². The van der Waals surface area contributed by atoms with Crippen molar-refractivity contribution in [1.82, 2.24) is 14.7 Å². The molecule has 5 rings (SSSR count). The number of anilines is 1. The number of nitrogens with one attached hydrogen (secondary N) is 1. The average Bonchev–Trinajstić information content (AvgIpc) is 3.63. The van der Waals surface area contributed by atoms with Gasteiger partial charge < -0.3 is 15.1 Å². The van der Waals surface area contributed by atoms with Crippen LogP contribution in [-0.4, -0.2) is 76.2 Å². The van der Waals surface area contributed by atoms with Crippen LogP contribution in [0.4, 0.5) is 5.69 Å². The molecule has 6 atom stereocenters. The number of para-hydroxylation sites is 1. The Hall–Kier alpha value is -2.92. The molecule has 3 aliphatic heterocycles. The molecular formula is C31H43N5O3. The summed E-state index contributed by atoms with van der Waals surface area (Å²) in [6, 6.07) is 8.84. The predicted octanol–water partition coefficient (Wildman–Crippen LogP) is 3.92. The maximum atomic E-state index is 14.4. The van der Waals surface area contributed by atoms with Crippen LogP contribution in [0.15, 0.2) is 24.3 Å². The van der Waals surface area contributed by atoms with E-state index in [2.05, 4.69) is 50.9 Å². The summed E-state index contributed by atoms with van der Waals surface area (Å²) in [4.78, 5) is 47.4. The van der Waals surface area contributed by atoms with Gasteiger partial charge in [0.25, 0.3) is 0 Å². The Morgan fingerprint density at radius 1 is 1.23 bits per heavy atom. The predicted molar refractivity (Wildman–Crippen MR) is 150 cm³/mol. The highest BCUT2D eigenvalue weighted by Gasteiger charge is 2.57. The van der Waals surface area contributed by atoms with Crippen molar-refractivity contribution in [3.63, 3.8) is 0 Å². The second-order valence-corrected chi connectivity index (χ2v) is 13.7. The van der Waals surface area contributed by atoms with Crippen molar-refractivity contribution in [2.45, 2.75) is 109 Å². The molecule has 0 radical (unpaired) electrons. The first-order valence-corrected chi connectivity index (χ1v) is 14.5. The first-order valence-electron chi connectivity index (χ1n) is 14.5. The van der Waals surface area contributed by atoms with Gasteiger partial charge in [0.05, 0.1) is 17.5 Å². The lowest BCUT2D eigenvalue weighted by Crippen LogP contribution is -2.57. The molecule has 3 fully saturated rings. The van der Waals surface area contributed by atoms with E-state index in [-0.39, 0.29) is 48.2 Å². The summed E-state index contributed by atoms with van der Waals surface area (Å²) in [7, 11) is 1.76. The first kappa shape index (κ1) is 27.6. The molecule has 2 saturated heterocycles. The van der Waals surface area contributed by atoms with Crippen molar-refractivity contribution in [2.75, 3.05) is 18.9 Å². The monoisotopic (exact) mass is 533 g/mol. The minimum atomic E-state index is -0.946. The summed E-state index contributed by atoms with van der Waals surface area (Å²) in [6.45, 7) is 10.7. The molecule has 39 heavy (non-hydrogen) atoms. The third kappa shape index (κ3) is 4.63. The van der Waals surface area contributed by atoms with E-state index in [1.54, 1.807) is 16.8 Å². The van der Waals surface area contributed by atoms with Crippen molar-refractivity contribution < 1.29 is 14.4 Å². The van der Waals surface area contributed by atoms with Crippen molar-refractivity contribution in [3.8, 4) is 6.07 Å². The molecule has 1 spiro atoms. The van der Waals surface area contributed by atoms with Crippen LogP contribution in [0.3, 0.4) is 0 Å². The van der Waals surface area contributed by atoms with Gasteiger partial charge in [-0.05, 0) is 62.5 Å². The van der Waals surface area contributed by atoms with Crippen LogP contribution >= 0.6 is 0 Å². The van der Waals surface area contributed by atoms with Crippen LogP contribution in [-0.2, 0) is 19.8 Å². The number of hydrogen-bond acceptors (Lipinski definition) is 5. The standard InChI is InChI=1S/C31H43N5O3/c1-19(2)36-24-13-9-10-20(24)14-25(36)27(37)34(6)26(16-30(3,4)5)28(38)35-18-31(15-21(35)17-32)22-11-7-8-12-23(22)33-29(31)39/h7-8,11-12,19-21,24-26H,9-10,13-16,18H2,1-6H3,(H,33,39)/t20-,21-,24-,25-,26-,31-/m0/s1. The lowest BCUT2D eigenvalue weighted by molar-refractivity contribution is -0.149. The fourth-order valence-electron chi connectivity index (χ4n) is 7.83. The third-order valence-corrected chi connectivity index (χ3v) is 9.59. The second kappa shape index (κ2) is 9.92. The van der Waals surface area contributed by atoms with Gasteiger partial charge in [-0.1, -0.05) is 45.4 Å². The number of fused-ring (bicyclic) bond motifs is 3. The van der Waals surface area contributed by atoms with Gasteiger partial charge in [-0.25, -0.2) is 0 Å².